The molecule has 0 radical (unpaired) electrons. The third kappa shape index (κ3) is 3.83. The average Bonchev–Trinajstić information content (AvgIpc) is 3.28. The van der Waals surface area contributed by atoms with E-state index >= 15 is 0 Å². The molecule has 4 rings (SSSR count). The highest BCUT2D eigenvalue weighted by Crippen LogP contribution is 2.41. The van der Waals surface area contributed by atoms with Gasteiger partial charge in [0, 0.05) is 5.56 Å². The molecular formula is C20H20ClN3O3. The summed E-state index contributed by atoms with van der Waals surface area (Å²) in [5, 5.41) is 4.67. The van der Waals surface area contributed by atoms with Crippen molar-refractivity contribution in [1.29, 1.82) is 0 Å². The molecule has 2 unspecified atom stereocenters. The maximum atomic E-state index is 6.59. The Balaban J connectivity index is 1.62. The summed E-state index contributed by atoms with van der Waals surface area (Å²) in [5.74, 6) is 0.394. The van der Waals surface area contributed by atoms with E-state index in [0.29, 0.717) is 23.9 Å². The molecular weight excluding hydrogens is 366 g/mol. The third-order valence-corrected chi connectivity index (χ3v) is 4.70. The number of hydrogen-bond donors (Lipinski definition) is 0. The zero-order chi connectivity index (χ0) is 18.9. The molecule has 0 saturated carbocycles. The summed E-state index contributed by atoms with van der Waals surface area (Å²) in [6.45, 7) is 4.83. The van der Waals surface area contributed by atoms with E-state index in [9.17, 15) is 0 Å². The normalized spacial score (nSPS) is 22.1. The van der Waals surface area contributed by atoms with Crippen LogP contribution in [0.1, 0.15) is 18.1 Å². The highest BCUT2D eigenvalue weighted by Gasteiger charge is 2.44. The van der Waals surface area contributed by atoms with E-state index in [1.54, 1.807) is 17.1 Å². The van der Waals surface area contributed by atoms with Gasteiger partial charge in [-0.3, -0.25) is 0 Å². The van der Waals surface area contributed by atoms with E-state index in [1.165, 1.54) is 11.9 Å². The van der Waals surface area contributed by atoms with Crippen molar-refractivity contribution >= 4 is 11.6 Å². The number of nitrogens with zero attached hydrogens (tertiary/aromatic N) is 3. The van der Waals surface area contributed by atoms with Crippen LogP contribution in [-0.4, -0.2) is 27.5 Å². The highest BCUT2D eigenvalue weighted by atomic mass is 35.5. The molecule has 1 fully saturated rings. The summed E-state index contributed by atoms with van der Waals surface area (Å²) >= 11 is 6.59. The number of ether oxygens (including phenoxy) is 3. The predicted molar refractivity (Wildman–Crippen MR) is 101 cm³/mol. The zero-order valence-corrected chi connectivity index (χ0v) is 15.9. The van der Waals surface area contributed by atoms with E-state index in [2.05, 4.69) is 10.1 Å². The van der Waals surface area contributed by atoms with E-state index in [4.69, 9.17) is 25.8 Å². The van der Waals surface area contributed by atoms with Gasteiger partial charge in [-0.05, 0) is 44.2 Å². The van der Waals surface area contributed by atoms with Crippen molar-refractivity contribution in [3.8, 4) is 11.5 Å². The molecule has 1 aromatic heterocycles. The lowest BCUT2D eigenvalue weighted by atomic mass is 10.1. The van der Waals surface area contributed by atoms with Gasteiger partial charge in [0.25, 0.3) is 0 Å². The molecule has 0 aliphatic carbocycles. The second kappa shape index (κ2) is 7.31. The minimum atomic E-state index is -1.01. The average molecular weight is 386 g/mol. The van der Waals surface area contributed by atoms with E-state index in [1.807, 2.05) is 50.2 Å². The van der Waals surface area contributed by atoms with Gasteiger partial charge in [0.05, 0.1) is 17.7 Å². The van der Waals surface area contributed by atoms with Crippen LogP contribution in [0.3, 0.4) is 0 Å². The van der Waals surface area contributed by atoms with Crippen molar-refractivity contribution in [2.75, 3.05) is 6.61 Å². The van der Waals surface area contributed by atoms with Crippen LogP contribution in [-0.2, 0) is 21.8 Å². The van der Waals surface area contributed by atoms with Crippen LogP contribution in [0, 0.1) is 6.92 Å². The number of aryl methyl sites for hydroxylation is 1. The SMILES string of the molecule is Cc1ccc(Oc2ccc(C3(Cn4cncn4)OCC(C)O3)c(Cl)c2)cc1. The summed E-state index contributed by atoms with van der Waals surface area (Å²) in [7, 11) is 0. The first-order valence-corrected chi connectivity index (χ1v) is 9.11. The molecule has 1 aliphatic rings. The van der Waals surface area contributed by atoms with Gasteiger partial charge in [0.15, 0.2) is 0 Å². The smallest absolute Gasteiger partial charge is 0.217 e. The molecule has 140 valence electrons. The van der Waals surface area contributed by atoms with Crippen LogP contribution in [0.2, 0.25) is 5.02 Å². The van der Waals surface area contributed by atoms with Crippen LogP contribution in [0.25, 0.3) is 0 Å². The molecule has 0 N–H and O–H groups in total. The van der Waals surface area contributed by atoms with Gasteiger partial charge in [-0.1, -0.05) is 29.3 Å². The predicted octanol–water partition coefficient (Wildman–Crippen LogP) is 4.32. The van der Waals surface area contributed by atoms with Gasteiger partial charge in [0.2, 0.25) is 5.79 Å². The zero-order valence-electron chi connectivity index (χ0n) is 15.1. The number of halogens is 1. The second-order valence-corrected chi connectivity index (χ2v) is 7.05. The van der Waals surface area contributed by atoms with Gasteiger partial charge >= 0.3 is 0 Å². The first kappa shape index (κ1) is 18.0. The Bertz CT molecular complexity index is 915. The first-order chi connectivity index (χ1) is 13.0. The monoisotopic (exact) mass is 385 g/mol. The lowest BCUT2D eigenvalue weighted by Crippen LogP contribution is -2.34. The number of rotatable bonds is 5. The van der Waals surface area contributed by atoms with Crippen LogP contribution in [0.4, 0.5) is 0 Å². The number of benzene rings is 2. The van der Waals surface area contributed by atoms with Gasteiger partial charge in [-0.2, -0.15) is 5.10 Å². The van der Waals surface area contributed by atoms with Crippen molar-refractivity contribution in [3.63, 3.8) is 0 Å². The minimum absolute atomic E-state index is 0.0481. The van der Waals surface area contributed by atoms with Crippen LogP contribution < -0.4 is 4.74 Å². The van der Waals surface area contributed by atoms with Gasteiger partial charge in [-0.25, -0.2) is 9.67 Å². The van der Waals surface area contributed by atoms with Crippen molar-refractivity contribution in [2.45, 2.75) is 32.3 Å². The Kier molecular flexibility index (Phi) is 4.86. The summed E-state index contributed by atoms with van der Waals surface area (Å²) in [4.78, 5) is 3.99. The minimum Gasteiger partial charge on any atom is -0.457 e. The third-order valence-electron chi connectivity index (χ3n) is 4.39. The second-order valence-electron chi connectivity index (χ2n) is 6.64. The molecule has 7 heteroatoms. The molecule has 1 saturated heterocycles. The van der Waals surface area contributed by atoms with Gasteiger partial charge in [-0.15, -0.1) is 0 Å². The fourth-order valence-electron chi connectivity index (χ4n) is 3.09. The maximum Gasteiger partial charge on any atom is 0.217 e. The summed E-state index contributed by atoms with van der Waals surface area (Å²) in [6, 6.07) is 13.4. The molecule has 27 heavy (non-hydrogen) atoms. The van der Waals surface area contributed by atoms with Crippen molar-refractivity contribution < 1.29 is 14.2 Å². The summed E-state index contributed by atoms with van der Waals surface area (Å²) in [5.41, 5.74) is 1.91. The van der Waals surface area contributed by atoms with Crippen molar-refractivity contribution in [1.82, 2.24) is 14.8 Å². The Morgan fingerprint density at radius 1 is 1.22 bits per heavy atom. The molecule has 2 heterocycles. The largest absolute Gasteiger partial charge is 0.457 e. The summed E-state index contributed by atoms with van der Waals surface area (Å²) in [6.07, 6.45) is 3.06. The van der Waals surface area contributed by atoms with Gasteiger partial charge in [0.1, 0.15) is 30.7 Å². The van der Waals surface area contributed by atoms with Crippen LogP contribution in [0.15, 0.2) is 55.1 Å². The standard InChI is InChI=1S/C20H20ClN3O3/c1-14-3-5-16(6-4-14)26-17-7-8-18(19(21)9-17)20(25-10-15(2)27-20)11-24-13-22-12-23-24/h3-9,12-13,15H,10-11H2,1-2H3. The van der Waals surface area contributed by atoms with E-state index < -0.39 is 5.79 Å². The summed E-state index contributed by atoms with van der Waals surface area (Å²) < 4.78 is 19.7. The fourth-order valence-corrected chi connectivity index (χ4v) is 3.41. The Labute approximate surface area is 162 Å². The van der Waals surface area contributed by atoms with Crippen molar-refractivity contribution in [2.24, 2.45) is 0 Å². The Morgan fingerprint density at radius 2 is 2.00 bits per heavy atom. The molecule has 6 nitrogen and oxygen atoms in total. The first-order valence-electron chi connectivity index (χ1n) is 8.73. The quantitative estimate of drug-likeness (QED) is 0.654. The molecule has 0 amide bonds. The lowest BCUT2D eigenvalue weighted by molar-refractivity contribution is -0.186. The van der Waals surface area contributed by atoms with E-state index in [-0.39, 0.29) is 6.10 Å². The van der Waals surface area contributed by atoms with Crippen molar-refractivity contribution in [3.05, 3.63) is 71.3 Å². The van der Waals surface area contributed by atoms with Gasteiger partial charge < -0.3 is 14.2 Å². The van der Waals surface area contributed by atoms with E-state index in [0.717, 1.165) is 11.3 Å². The highest BCUT2D eigenvalue weighted by molar-refractivity contribution is 6.31. The number of aromatic nitrogens is 3. The lowest BCUT2D eigenvalue weighted by Gasteiger charge is -2.29. The van der Waals surface area contributed by atoms with Crippen LogP contribution >= 0.6 is 11.6 Å². The Hall–Kier alpha value is -2.41. The molecule has 2 aromatic carbocycles. The number of hydrogen-bond acceptors (Lipinski definition) is 5. The molecule has 1 aliphatic heterocycles. The molecule has 0 spiro atoms. The van der Waals surface area contributed by atoms with Crippen LogP contribution in [0.5, 0.6) is 11.5 Å². The fraction of sp³-hybridized carbons (Fsp3) is 0.300. The Morgan fingerprint density at radius 3 is 2.63 bits per heavy atom. The topological polar surface area (TPSA) is 58.4 Å². The maximum absolute atomic E-state index is 6.59. The molecule has 3 aromatic rings. The molecule has 0 bridgehead atoms. The molecule has 2 atom stereocenters.